The van der Waals surface area contributed by atoms with E-state index < -0.39 is 6.23 Å². The first-order chi connectivity index (χ1) is 16.0. The molecule has 7 nitrogen and oxygen atoms in total. The van der Waals surface area contributed by atoms with Crippen LogP contribution >= 0.6 is 11.6 Å². The second-order valence-electron chi connectivity index (χ2n) is 7.77. The van der Waals surface area contributed by atoms with Crippen molar-refractivity contribution in [3.05, 3.63) is 76.3 Å². The maximum Gasteiger partial charge on any atom is 0.214 e. The van der Waals surface area contributed by atoms with Crippen LogP contribution in [0.5, 0.6) is 28.7 Å². The minimum Gasteiger partial charge on any atom is -0.507 e. The summed E-state index contributed by atoms with van der Waals surface area (Å²) in [5, 5.41) is 17.8. The highest BCUT2D eigenvalue weighted by molar-refractivity contribution is 6.30. The molecule has 0 amide bonds. The van der Waals surface area contributed by atoms with Crippen molar-refractivity contribution in [1.82, 2.24) is 5.01 Å². The predicted octanol–water partition coefficient (Wildman–Crippen LogP) is 5.31. The van der Waals surface area contributed by atoms with Crippen molar-refractivity contribution in [3.63, 3.8) is 0 Å². The molecule has 8 heteroatoms. The molecule has 3 aromatic rings. The van der Waals surface area contributed by atoms with E-state index in [1.165, 1.54) is 0 Å². The number of methoxy groups -OCH3 is 3. The van der Waals surface area contributed by atoms with Crippen LogP contribution in [-0.4, -0.2) is 37.2 Å². The van der Waals surface area contributed by atoms with Crippen molar-refractivity contribution < 1.29 is 24.1 Å². The van der Waals surface area contributed by atoms with E-state index in [1.54, 1.807) is 33.5 Å². The smallest absolute Gasteiger partial charge is 0.214 e. The lowest BCUT2D eigenvalue weighted by Crippen LogP contribution is -2.33. The van der Waals surface area contributed by atoms with Gasteiger partial charge in [-0.15, -0.1) is 0 Å². The number of nitrogens with zero attached hydrogens (tertiary/aromatic N) is 2. The number of ether oxygens (including phenoxy) is 4. The lowest BCUT2D eigenvalue weighted by atomic mass is 9.95. The number of benzene rings is 3. The molecule has 0 aromatic heterocycles. The van der Waals surface area contributed by atoms with Crippen LogP contribution in [0.4, 0.5) is 0 Å². The molecule has 0 radical (unpaired) electrons. The van der Waals surface area contributed by atoms with E-state index in [2.05, 4.69) is 0 Å². The fourth-order valence-electron chi connectivity index (χ4n) is 4.40. The number of rotatable bonds is 5. The third-order valence-electron chi connectivity index (χ3n) is 5.94. The van der Waals surface area contributed by atoms with E-state index in [-0.39, 0.29) is 11.8 Å². The highest BCUT2D eigenvalue weighted by atomic mass is 35.5. The molecule has 0 saturated heterocycles. The van der Waals surface area contributed by atoms with Crippen LogP contribution in [0, 0.1) is 0 Å². The Bertz CT molecular complexity index is 1220. The fourth-order valence-corrected chi connectivity index (χ4v) is 4.58. The molecule has 0 bridgehead atoms. The SMILES string of the molecule is COc1cc([C@H]2Oc3ccc(Cl)cc3[C@@H]3CC(c4ccccc4O)=NN23)cc(OC)c1OC. The van der Waals surface area contributed by atoms with Gasteiger partial charge in [0.1, 0.15) is 11.5 Å². The van der Waals surface area contributed by atoms with Crippen LogP contribution in [0.2, 0.25) is 5.02 Å². The van der Waals surface area contributed by atoms with Crippen molar-refractivity contribution in [2.75, 3.05) is 21.3 Å². The average molecular weight is 467 g/mol. The van der Waals surface area contributed by atoms with E-state index in [4.69, 9.17) is 35.6 Å². The molecule has 0 saturated carbocycles. The molecule has 2 atom stereocenters. The number of aromatic hydroxyl groups is 1. The first-order valence-electron chi connectivity index (χ1n) is 10.4. The molecule has 1 N–H and O–H groups in total. The summed E-state index contributed by atoms with van der Waals surface area (Å²) in [7, 11) is 4.72. The van der Waals surface area contributed by atoms with Gasteiger partial charge in [-0.1, -0.05) is 23.7 Å². The summed E-state index contributed by atoms with van der Waals surface area (Å²) in [6.07, 6.45) is 0.0376. The number of hydrazone groups is 1. The Labute approximate surface area is 196 Å². The van der Waals surface area contributed by atoms with Crippen LogP contribution in [0.25, 0.3) is 0 Å². The van der Waals surface area contributed by atoms with E-state index in [9.17, 15) is 5.11 Å². The number of hydrogen-bond acceptors (Lipinski definition) is 7. The van der Waals surface area contributed by atoms with Gasteiger partial charge in [0.2, 0.25) is 12.0 Å². The number of phenols is 1. The number of hydrogen-bond donors (Lipinski definition) is 1. The molecule has 2 aliphatic heterocycles. The quantitative estimate of drug-likeness (QED) is 0.549. The average Bonchev–Trinajstić information content (AvgIpc) is 3.28. The Morgan fingerprint density at radius 2 is 1.73 bits per heavy atom. The van der Waals surface area contributed by atoms with E-state index >= 15 is 0 Å². The third kappa shape index (κ3) is 3.58. The molecular weight excluding hydrogens is 444 g/mol. The Kier molecular flexibility index (Phi) is 5.42. The molecule has 2 heterocycles. The van der Waals surface area contributed by atoms with Crippen LogP contribution in [0.1, 0.15) is 35.4 Å². The summed E-state index contributed by atoms with van der Waals surface area (Å²) in [5.74, 6) is 2.47. The number of para-hydroxylation sites is 1. The van der Waals surface area contributed by atoms with Gasteiger partial charge in [-0.2, -0.15) is 5.10 Å². The van der Waals surface area contributed by atoms with Crippen molar-refractivity contribution in [2.24, 2.45) is 5.10 Å². The largest absolute Gasteiger partial charge is 0.507 e. The summed E-state index contributed by atoms with van der Waals surface area (Å²) < 4.78 is 23.0. The van der Waals surface area contributed by atoms with Gasteiger partial charge in [0, 0.05) is 28.1 Å². The van der Waals surface area contributed by atoms with E-state index in [0.717, 1.165) is 22.6 Å². The van der Waals surface area contributed by atoms with Crippen LogP contribution in [0.15, 0.2) is 59.7 Å². The first-order valence-corrected chi connectivity index (χ1v) is 10.8. The van der Waals surface area contributed by atoms with Gasteiger partial charge in [0.15, 0.2) is 11.5 Å². The predicted molar refractivity (Wildman–Crippen MR) is 125 cm³/mol. The topological polar surface area (TPSA) is 72.8 Å². The summed E-state index contributed by atoms with van der Waals surface area (Å²) in [5.41, 5.74) is 3.20. The summed E-state index contributed by atoms with van der Waals surface area (Å²) in [6, 6.07) is 16.4. The minimum atomic E-state index is -0.555. The van der Waals surface area contributed by atoms with Gasteiger partial charge < -0.3 is 24.1 Å². The zero-order valence-corrected chi connectivity index (χ0v) is 19.2. The molecule has 170 valence electrons. The molecule has 5 rings (SSSR count). The normalized spacial score (nSPS) is 18.7. The number of fused-ring (bicyclic) bond motifs is 3. The van der Waals surface area contributed by atoms with Crippen LogP contribution < -0.4 is 18.9 Å². The van der Waals surface area contributed by atoms with Gasteiger partial charge in [-0.25, -0.2) is 5.01 Å². The zero-order valence-electron chi connectivity index (χ0n) is 18.4. The standard InChI is InChI=1S/C25H23ClN2O5/c1-30-22-10-14(11-23(31-2)24(22)32-3)25-28-19(17-12-15(26)8-9-21(17)33-25)13-18(27-28)16-6-4-5-7-20(16)29/h4-12,19,25,29H,13H2,1-3H3/t19-,25+/m0/s1. The lowest BCUT2D eigenvalue weighted by molar-refractivity contribution is -0.0192. The lowest BCUT2D eigenvalue weighted by Gasteiger charge is -2.38. The Morgan fingerprint density at radius 3 is 2.39 bits per heavy atom. The Morgan fingerprint density at radius 1 is 1.00 bits per heavy atom. The van der Waals surface area contributed by atoms with Gasteiger partial charge in [-0.05, 0) is 42.5 Å². The van der Waals surface area contributed by atoms with E-state index in [1.807, 2.05) is 47.5 Å². The summed E-state index contributed by atoms with van der Waals surface area (Å²) >= 11 is 6.31. The molecule has 0 spiro atoms. The number of halogens is 1. The zero-order chi connectivity index (χ0) is 23.1. The maximum absolute atomic E-state index is 10.4. The van der Waals surface area contributed by atoms with Crippen molar-refractivity contribution >= 4 is 17.3 Å². The van der Waals surface area contributed by atoms with Gasteiger partial charge in [-0.3, -0.25) is 0 Å². The fraction of sp³-hybridized carbons (Fsp3) is 0.240. The van der Waals surface area contributed by atoms with Crippen molar-refractivity contribution in [1.29, 1.82) is 0 Å². The van der Waals surface area contributed by atoms with Crippen molar-refractivity contribution in [3.8, 4) is 28.7 Å². The highest BCUT2D eigenvalue weighted by Gasteiger charge is 2.42. The molecule has 0 unspecified atom stereocenters. The minimum absolute atomic E-state index is 0.119. The molecule has 2 aliphatic rings. The van der Waals surface area contributed by atoms with Crippen LogP contribution in [-0.2, 0) is 0 Å². The molecule has 0 fully saturated rings. The maximum atomic E-state index is 10.4. The Balaban J connectivity index is 1.65. The molecule has 0 aliphatic carbocycles. The summed E-state index contributed by atoms with van der Waals surface area (Å²) in [4.78, 5) is 0. The Hall–Kier alpha value is -3.58. The van der Waals surface area contributed by atoms with Gasteiger partial charge in [0.25, 0.3) is 0 Å². The number of phenolic OH excluding ortho intramolecular Hbond substituents is 1. The summed E-state index contributed by atoms with van der Waals surface area (Å²) in [6.45, 7) is 0. The monoisotopic (exact) mass is 466 g/mol. The first kappa shape index (κ1) is 21.3. The third-order valence-corrected chi connectivity index (χ3v) is 6.17. The highest BCUT2D eigenvalue weighted by Crippen LogP contribution is 2.50. The second kappa shape index (κ2) is 8.41. The van der Waals surface area contributed by atoms with Crippen molar-refractivity contribution in [2.45, 2.75) is 18.7 Å². The molecule has 33 heavy (non-hydrogen) atoms. The van der Waals surface area contributed by atoms with Crippen LogP contribution in [0.3, 0.4) is 0 Å². The van der Waals surface area contributed by atoms with E-state index in [0.29, 0.717) is 34.3 Å². The van der Waals surface area contributed by atoms with Gasteiger partial charge in [0.05, 0.1) is 33.1 Å². The second-order valence-corrected chi connectivity index (χ2v) is 8.21. The molecular formula is C25H23ClN2O5. The van der Waals surface area contributed by atoms with Gasteiger partial charge >= 0.3 is 0 Å². The molecule has 3 aromatic carbocycles.